The largest absolute Gasteiger partial charge is 0.261 e. The molecule has 4 aromatic rings. The Kier molecular flexibility index (Phi) is 7.62. The second-order valence-electron chi connectivity index (χ2n) is 19.8. The quantitative estimate of drug-likeness (QED) is 0.193. The van der Waals surface area contributed by atoms with E-state index >= 15 is 0 Å². The van der Waals surface area contributed by atoms with Gasteiger partial charge in [-0.05, 0) is 141 Å². The average molecular weight is 702 g/mol. The minimum absolute atomic E-state index is 0.0284. The zero-order chi connectivity index (χ0) is 36.4. The van der Waals surface area contributed by atoms with Crippen molar-refractivity contribution < 1.29 is 4.58 Å². The Hall–Kier alpha value is -3.65. The molecular weight excluding hydrogens is 641 g/mol. The minimum Gasteiger partial charge on any atom is -0.261 e. The fourth-order valence-corrected chi connectivity index (χ4v) is 12.7. The molecule has 1 heterocycles. The number of rotatable bonds is 3. The van der Waals surface area contributed by atoms with Crippen LogP contribution in [0.1, 0.15) is 152 Å². The molecule has 6 aliphatic rings. The summed E-state index contributed by atoms with van der Waals surface area (Å²) in [5, 5.41) is 2.96. The summed E-state index contributed by atoms with van der Waals surface area (Å²) in [5.41, 5.74) is 17.1. The lowest BCUT2D eigenvalue weighted by Crippen LogP contribution is -2.62. The molecule has 0 saturated heterocycles. The highest BCUT2D eigenvalue weighted by atomic mass is 15.3. The zero-order valence-electron chi connectivity index (χ0n) is 33.7. The first-order chi connectivity index (χ1) is 25.5. The summed E-state index contributed by atoms with van der Waals surface area (Å²) >= 11 is 0. The summed E-state index contributed by atoms with van der Waals surface area (Å²) in [6.07, 6.45) is 14.7. The number of benzene rings is 4. The lowest BCUT2D eigenvalue weighted by Gasteiger charge is -2.46. The summed E-state index contributed by atoms with van der Waals surface area (Å²) in [5.74, 6) is 2.18. The van der Waals surface area contributed by atoms with E-state index in [0.717, 1.165) is 19.5 Å². The first kappa shape index (κ1) is 33.9. The summed E-state index contributed by atoms with van der Waals surface area (Å²) in [6.45, 7) is 19.5. The Morgan fingerprint density at radius 2 is 1.40 bits per heavy atom. The highest BCUT2D eigenvalue weighted by molar-refractivity contribution is 6.12. The van der Waals surface area contributed by atoms with Gasteiger partial charge in [0.25, 0.3) is 0 Å². The maximum atomic E-state index is 3.04. The van der Waals surface area contributed by atoms with Gasteiger partial charge in [-0.1, -0.05) is 122 Å². The molecular formula is C51H61N2+. The van der Waals surface area contributed by atoms with E-state index < -0.39 is 0 Å². The van der Waals surface area contributed by atoms with Gasteiger partial charge in [-0.2, -0.15) is 0 Å². The lowest BCUT2D eigenvalue weighted by molar-refractivity contribution is -0.588. The van der Waals surface area contributed by atoms with Gasteiger partial charge in [-0.3, -0.25) is 9.48 Å². The van der Waals surface area contributed by atoms with Crippen LogP contribution in [0.5, 0.6) is 0 Å². The maximum Gasteiger partial charge on any atom is 0.249 e. The molecule has 2 fully saturated rings. The molecule has 10 rings (SSSR count). The van der Waals surface area contributed by atoms with Gasteiger partial charge in [0.2, 0.25) is 5.84 Å². The molecule has 274 valence electrons. The third-order valence-corrected chi connectivity index (χ3v) is 14.9. The Balaban J connectivity index is 1.31. The molecule has 1 unspecified atom stereocenters. The van der Waals surface area contributed by atoms with Crippen LogP contribution in [-0.2, 0) is 22.7 Å². The molecule has 1 atom stereocenters. The second-order valence-corrected chi connectivity index (χ2v) is 19.8. The third-order valence-electron chi connectivity index (χ3n) is 14.9. The smallest absolute Gasteiger partial charge is 0.249 e. The van der Waals surface area contributed by atoms with E-state index in [1.807, 2.05) is 0 Å². The van der Waals surface area contributed by atoms with Crippen molar-refractivity contribution in [2.24, 2.45) is 5.92 Å². The van der Waals surface area contributed by atoms with Gasteiger partial charge in [-0.25, -0.2) is 0 Å². The van der Waals surface area contributed by atoms with E-state index in [1.165, 1.54) is 91.7 Å². The fraction of sp³-hybridized carbons (Fsp3) is 0.510. The molecule has 1 spiro atoms. The Morgan fingerprint density at radius 3 is 2.11 bits per heavy atom. The Morgan fingerprint density at radius 1 is 0.736 bits per heavy atom. The predicted octanol–water partition coefficient (Wildman–Crippen LogP) is 12.2. The van der Waals surface area contributed by atoms with E-state index in [4.69, 9.17) is 0 Å². The molecule has 1 aliphatic heterocycles. The number of amidine groups is 1. The van der Waals surface area contributed by atoms with E-state index in [2.05, 4.69) is 125 Å². The molecule has 0 bridgehead atoms. The molecule has 0 aromatic heterocycles. The van der Waals surface area contributed by atoms with Gasteiger partial charge < -0.3 is 0 Å². The molecule has 2 saturated carbocycles. The SMILES string of the molecule is CC(C)C1=[N+](C2CCCCC2)CC2(CN1C1CCCCC1)c1ccc3c(c1-c1cc(C(C)(C)C)c4ccccc4c12)C1=C(c2ccccc2C1)C3(C)C. The van der Waals surface area contributed by atoms with Crippen molar-refractivity contribution in [3.8, 4) is 11.1 Å². The average Bonchev–Trinajstić information content (AvgIpc) is 3.75. The highest BCUT2D eigenvalue weighted by Gasteiger charge is 2.57. The predicted molar refractivity (Wildman–Crippen MR) is 224 cm³/mol. The van der Waals surface area contributed by atoms with Crippen LogP contribution < -0.4 is 0 Å². The zero-order valence-corrected chi connectivity index (χ0v) is 33.7. The second kappa shape index (κ2) is 11.9. The van der Waals surface area contributed by atoms with Crippen molar-refractivity contribution in [1.29, 1.82) is 0 Å². The molecule has 0 N–H and O–H groups in total. The van der Waals surface area contributed by atoms with Crippen molar-refractivity contribution in [2.45, 2.75) is 147 Å². The van der Waals surface area contributed by atoms with Crippen LogP contribution in [-0.4, -0.2) is 40.5 Å². The minimum atomic E-state index is -0.109. The Labute approximate surface area is 319 Å². The van der Waals surface area contributed by atoms with Crippen LogP contribution in [0.25, 0.3) is 33.0 Å². The van der Waals surface area contributed by atoms with Crippen LogP contribution in [0, 0.1) is 5.92 Å². The first-order valence-electron chi connectivity index (χ1n) is 21.5. The van der Waals surface area contributed by atoms with Gasteiger partial charge in [0.1, 0.15) is 13.1 Å². The van der Waals surface area contributed by atoms with Crippen LogP contribution in [0.2, 0.25) is 0 Å². The van der Waals surface area contributed by atoms with Gasteiger partial charge in [-0.15, -0.1) is 0 Å². The molecule has 0 amide bonds. The van der Waals surface area contributed by atoms with Crippen molar-refractivity contribution in [3.63, 3.8) is 0 Å². The van der Waals surface area contributed by atoms with E-state index in [-0.39, 0.29) is 16.2 Å². The Bertz CT molecular complexity index is 2220. The van der Waals surface area contributed by atoms with Crippen molar-refractivity contribution in [3.05, 3.63) is 106 Å². The number of fused-ring (bicyclic) bond motifs is 12. The van der Waals surface area contributed by atoms with Crippen LogP contribution in [0.4, 0.5) is 0 Å². The molecule has 2 nitrogen and oxygen atoms in total. The number of allylic oxidation sites excluding steroid dienone is 2. The van der Waals surface area contributed by atoms with Crippen LogP contribution in [0.3, 0.4) is 0 Å². The molecule has 53 heavy (non-hydrogen) atoms. The molecule has 4 aromatic carbocycles. The van der Waals surface area contributed by atoms with Crippen molar-refractivity contribution in [2.75, 3.05) is 13.1 Å². The number of nitrogens with zero attached hydrogens (tertiary/aromatic N) is 2. The first-order valence-corrected chi connectivity index (χ1v) is 21.5. The summed E-state index contributed by atoms with van der Waals surface area (Å²) in [4.78, 5) is 3.04. The van der Waals surface area contributed by atoms with Crippen molar-refractivity contribution in [1.82, 2.24) is 4.90 Å². The van der Waals surface area contributed by atoms with E-state index in [1.54, 1.807) is 50.4 Å². The van der Waals surface area contributed by atoms with Gasteiger partial charge >= 0.3 is 0 Å². The molecule has 0 radical (unpaired) electrons. The van der Waals surface area contributed by atoms with Crippen molar-refractivity contribution >= 4 is 27.8 Å². The normalized spacial score (nSPS) is 24.0. The third kappa shape index (κ3) is 4.78. The highest BCUT2D eigenvalue weighted by Crippen LogP contribution is 2.63. The number of hydrogen-bond acceptors (Lipinski definition) is 1. The monoisotopic (exact) mass is 701 g/mol. The van der Waals surface area contributed by atoms with E-state index in [9.17, 15) is 0 Å². The van der Waals surface area contributed by atoms with Gasteiger partial charge in [0.05, 0.1) is 23.4 Å². The topological polar surface area (TPSA) is 6.25 Å². The number of hydrogen-bond donors (Lipinski definition) is 0. The standard InChI is InChI=1S/C51H61N2/c1-32(2)48-52(34-19-10-8-11-20-34)30-51(31-53(48)35-21-12-9-13-22-35)42-27-26-41-44(39-28-33-18-14-15-23-36(33)46(39)50(41,6)7)45(42)40-29-43(49(3,4)5)37-24-16-17-25-38(37)47(40)51/h14-18,23-27,29,32,34-35H,8-13,19-22,28,30-31H2,1-7H3/q+1. The molecule has 2 heteroatoms. The van der Waals surface area contributed by atoms with Crippen LogP contribution >= 0.6 is 0 Å². The molecule has 5 aliphatic carbocycles. The summed E-state index contributed by atoms with van der Waals surface area (Å²) in [6, 6.07) is 28.1. The van der Waals surface area contributed by atoms with Gasteiger partial charge in [0.15, 0.2) is 0 Å². The van der Waals surface area contributed by atoms with Crippen LogP contribution in [0.15, 0.2) is 66.7 Å². The fourth-order valence-electron chi connectivity index (χ4n) is 12.7. The summed E-state index contributed by atoms with van der Waals surface area (Å²) < 4.78 is 3.04. The maximum absolute atomic E-state index is 3.04. The van der Waals surface area contributed by atoms with Gasteiger partial charge in [0, 0.05) is 5.41 Å². The van der Waals surface area contributed by atoms with E-state index in [0.29, 0.717) is 18.0 Å². The summed E-state index contributed by atoms with van der Waals surface area (Å²) in [7, 11) is 0. The lowest BCUT2D eigenvalue weighted by atomic mass is 9.71.